The summed E-state index contributed by atoms with van der Waals surface area (Å²) in [5, 5.41) is 2.77. The van der Waals surface area contributed by atoms with Crippen LogP contribution in [0.15, 0.2) is 23.1 Å². The molecule has 1 amide bonds. The van der Waals surface area contributed by atoms with E-state index in [0.29, 0.717) is 6.54 Å². The summed E-state index contributed by atoms with van der Waals surface area (Å²) in [7, 11) is 0. The fraction of sp³-hybridized carbons (Fsp3) is 0.286. The number of carbonyl (C=O) groups excluding carboxylic acids is 1. The average molecular weight is 276 g/mol. The van der Waals surface area contributed by atoms with E-state index in [-0.39, 0.29) is 16.9 Å². The van der Waals surface area contributed by atoms with Crippen LogP contribution in [-0.4, -0.2) is 10.9 Å². The van der Waals surface area contributed by atoms with Crippen LogP contribution in [0.4, 0.5) is 0 Å². The summed E-state index contributed by atoms with van der Waals surface area (Å²) in [5.74, 6) is -0.343. The highest BCUT2D eigenvalue weighted by molar-refractivity contribution is 7.12. The summed E-state index contributed by atoms with van der Waals surface area (Å²) in [4.78, 5) is 28.8. The average Bonchev–Trinajstić information content (AvgIpc) is 2.66. The van der Waals surface area contributed by atoms with E-state index in [1.54, 1.807) is 18.3 Å². The zero-order chi connectivity index (χ0) is 14.0. The minimum absolute atomic E-state index is 0.149. The fourth-order valence-electron chi connectivity index (χ4n) is 1.75. The molecule has 0 bridgehead atoms. The molecule has 0 unspecified atom stereocenters. The molecule has 4 nitrogen and oxygen atoms in total. The second kappa shape index (κ2) is 5.40. The van der Waals surface area contributed by atoms with E-state index < -0.39 is 0 Å². The Kier molecular flexibility index (Phi) is 3.85. The summed E-state index contributed by atoms with van der Waals surface area (Å²) in [6.45, 7) is 6.32. The summed E-state index contributed by atoms with van der Waals surface area (Å²) >= 11 is 1.66. The molecule has 0 saturated heterocycles. The van der Waals surface area contributed by atoms with Gasteiger partial charge in [0, 0.05) is 27.7 Å². The van der Waals surface area contributed by atoms with Crippen LogP contribution in [0.5, 0.6) is 0 Å². The molecule has 0 atom stereocenters. The molecule has 2 aromatic heterocycles. The highest BCUT2D eigenvalue weighted by Crippen LogP contribution is 2.20. The van der Waals surface area contributed by atoms with Gasteiger partial charge in [0.1, 0.15) is 5.56 Å². The first-order valence-corrected chi connectivity index (χ1v) is 6.82. The van der Waals surface area contributed by atoms with Gasteiger partial charge in [-0.1, -0.05) is 0 Å². The van der Waals surface area contributed by atoms with Crippen molar-refractivity contribution in [1.82, 2.24) is 10.3 Å². The number of pyridine rings is 1. The van der Waals surface area contributed by atoms with Crippen LogP contribution in [0.2, 0.25) is 0 Å². The van der Waals surface area contributed by atoms with E-state index >= 15 is 0 Å². The smallest absolute Gasteiger partial charge is 0.257 e. The Bertz CT molecular complexity index is 651. The van der Waals surface area contributed by atoms with Gasteiger partial charge in [0.15, 0.2) is 5.43 Å². The van der Waals surface area contributed by atoms with Gasteiger partial charge in [-0.25, -0.2) is 0 Å². The number of aryl methyl sites for hydroxylation is 3. The van der Waals surface area contributed by atoms with E-state index in [1.807, 2.05) is 6.92 Å². The summed E-state index contributed by atoms with van der Waals surface area (Å²) in [5.41, 5.74) is 1.86. The number of aromatic amines is 1. The quantitative estimate of drug-likeness (QED) is 0.903. The topological polar surface area (TPSA) is 62.0 Å². The number of carbonyl (C=O) groups is 1. The Hall–Kier alpha value is -1.88. The van der Waals surface area contributed by atoms with Gasteiger partial charge in [-0.2, -0.15) is 0 Å². The van der Waals surface area contributed by atoms with Crippen LogP contribution in [0.3, 0.4) is 0 Å². The van der Waals surface area contributed by atoms with Crippen LogP contribution in [0.1, 0.15) is 31.4 Å². The first-order valence-electron chi connectivity index (χ1n) is 6.01. The van der Waals surface area contributed by atoms with Gasteiger partial charge in [-0.3, -0.25) is 9.59 Å². The maximum atomic E-state index is 11.9. The van der Waals surface area contributed by atoms with Gasteiger partial charge in [-0.05, 0) is 32.4 Å². The SMILES string of the molecule is Cc1cc(=O)c(C(=O)NCc2cc(C)c(C)s2)c[nH]1. The number of amides is 1. The van der Waals surface area contributed by atoms with Crippen molar-refractivity contribution < 1.29 is 4.79 Å². The standard InChI is InChI=1S/C14H16N2O2S/c1-8-4-11(19-10(8)3)6-16-14(18)12-7-15-9(2)5-13(12)17/h4-5,7H,6H2,1-3H3,(H,15,17)(H,16,18). The van der Waals surface area contributed by atoms with E-state index in [0.717, 1.165) is 10.6 Å². The van der Waals surface area contributed by atoms with E-state index in [9.17, 15) is 9.59 Å². The lowest BCUT2D eigenvalue weighted by Crippen LogP contribution is -2.28. The number of rotatable bonds is 3. The molecule has 5 heteroatoms. The van der Waals surface area contributed by atoms with Gasteiger partial charge in [0.2, 0.25) is 0 Å². The third-order valence-corrected chi connectivity index (χ3v) is 4.09. The van der Waals surface area contributed by atoms with Crippen molar-refractivity contribution >= 4 is 17.2 Å². The first-order chi connectivity index (χ1) is 8.97. The van der Waals surface area contributed by atoms with Crippen molar-refractivity contribution in [2.45, 2.75) is 27.3 Å². The Morgan fingerprint density at radius 3 is 2.63 bits per heavy atom. The molecule has 0 aliphatic rings. The maximum Gasteiger partial charge on any atom is 0.257 e. The normalized spacial score (nSPS) is 10.5. The monoisotopic (exact) mass is 276 g/mol. The van der Waals surface area contributed by atoms with E-state index in [1.165, 1.54) is 22.7 Å². The molecule has 100 valence electrons. The molecule has 0 saturated carbocycles. The highest BCUT2D eigenvalue weighted by atomic mass is 32.1. The lowest BCUT2D eigenvalue weighted by atomic mass is 10.2. The Labute approximate surface area is 115 Å². The third-order valence-electron chi connectivity index (χ3n) is 2.94. The largest absolute Gasteiger partial charge is 0.364 e. The number of hydrogen-bond acceptors (Lipinski definition) is 3. The molecule has 2 heterocycles. The van der Waals surface area contributed by atoms with E-state index in [4.69, 9.17) is 0 Å². The highest BCUT2D eigenvalue weighted by Gasteiger charge is 2.10. The lowest BCUT2D eigenvalue weighted by Gasteiger charge is -2.03. The number of nitrogens with one attached hydrogen (secondary N) is 2. The number of H-pyrrole nitrogens is 1. The van der Waals surface area contributed by atoms with Crippen LogP contribution >= 0.6 is 11.3 Å². The summed E-state index contributed by atoms with van der Waals surface area (Å²) in [6, 6.07) is 3.48. The van der Waals surface area contributed by atoms with Gasteiger partial charge < -0.3 is 10.3 Å². The van der Waals surface area contributed by atoms with Gasteiger partial charge >= 0.3 is 0 Å². The fourth-order valence-corrected chi connectivity index (χ4v) is 2.74. The Morgan fingerprint density at radius 2 is 2.05 bits per heavy atom. The molecule has 19 heavy (non-hydrogen) atoms. The summed E-state index contributed by atoms with van der Waals surface area (Å²) < 4.78 is 0. The van der Waals surface area contributed by atoms with Crippen LogP contribution < -0.4 is 10.7 Å². The van der Waals surface area contributed by atoms with Crippen molar-refractivity contribution in [2.24, 2.45) is 0 Å². The number of aromatic nitrogens is 1. The van der Waals surface area contributed by atoms with Crippen LogP contribution in [-0.2, 0) is 6.54 Å². The zero-order valence-corrected chi connectivity index (χ0v) is 12.0. The number of thiophene rings is 1. The molecule has 0 spiro atoms. The summed E-state index contributed by atoms with van der Waals surface area (Å²) in [6.07, 6.45) is 1.46. The van der Waals surface area contributed by atoms with Crippen molar-refractivity contribution in [3.63, 3.8) is 0 Å². The molecule has 0 aromatic carbocycles. The predicted molar refractivity (Wildman–Crippen MR) is 76.8 cm³/mol. The second-order valence-electron chi connectivity index (χ2n) is 4.53. The minimum Gasteiger partial charge on any atom is -0.364 e. The number of hydrogen-bond donors (Lipinski definition) is 2. The molecule has 2 N–H and O–H groups in total. The molecule has 2 rings (SSSR count). The Balaban J connectivity index is 2.07. The molecule has 0 aliphatic carbocycles. The van der Waals surface area contributed by atoms with E-state index in [2.05, 4.69) is 23.3 Å². The third kappa shape index (κ3) is 3.12. The molecule has 0 fully saturated rings. The van der Waals surface area contributed by atoms with Crippen molar-refractivity contribution in [3.05, 3.63) is 55.1 Å². The van der Waals surface area contributed by atoms with Crippen molar-refractivity contribution in [2.75, 3.05) is 0 Å². The molecule has 0 radical (unpaired) electrons. The Morgan fingerprint density at radius 1 is 1.32 bits per heavy atom. The van der Waals surface area contributed by atoms with Crippen LogP contribution in [0, 0.1) is 20.8 Å². The van der Waals surface area contributed by atoms with Crippen molar-refractivity contribution in [1.29, 1.82) is 0 Å². The van der Waals surface area contributed by atoms with Crippen molar-refractivity contribution in [3.8, 4) is 0 Å². The first kappa shape index (κ1) is 13.5. The zero-order valence-electron chi connectivity index (χ0n) is 11.2. The second-order valence-corrected chi connectivity index (χ2v) is 5.87. The minimum atomic E-state index is -0.343. The van der Waals surface area contributed by atoms with Gasteiger partial charge in [0.25, 0.3) is 5.91 Å². The lowest BCUT2D eigenvalue weighted by molar-refractivity contribution is 0.0950. The molecule has 0 aliphatic heterocycles. The van der Waals surface area contributed by atoms with Gasteiger partial charge in [0.05, 0.1) is 6.54 Å². The predicted octanol–water partition coefficient (Wildman–Crippen LogP) is 2.29. The van der Waals surface area contributed by atoms with Crippen LogP contribution in [0.25, 0.3) is 0 Å². The van der Waals surface area contributed by atoms with Gasteiger partial charge in [-0.15, -0.1) is 11.3 Å². The maximum absolute atomic E-state index is 11.9. The molecule has 2 aromatic rings. The molecular formula is C14H16N2O2S. The molecular weight excluding hydrogens is 260 g/mol.